The Kier molecular flexibility index (Phi) is 4.62. The number of hydrogen-bond acceptors (Lipinski definition) is 1. The van der Waals surface area contributed by atoms with Crippen LogP contribution in [0.15, 0.2) is 41.6 Å². The molecule has 0 aromatic heterocycles. The standard InChI is InChI=1S/C18H22OSi/c1-20(2,3)18(14-16-9-11-17(19)13-16)12-10-15-7-5-4-6-8-15/h4-8,14,16H,9,11,13H2,1-3H3/b18-14+. The smallest absolute Gasteiger partial charge is 0.133 e. The normalized spacial score (nSPS) is 19.6. The molecule has 0 aliphatic heterocycles. The van der Waals surface area contributed by atoms with Gasteiger partial charge in [-0.15, -0.1) is 0 Å². The summed E-state index contributed by atoms with van der Waals surface area (Å²) in [5.74, 6) is 7.46. The van der Waals surface area contributed by atoms with Crippen molar-refractivity contribution in [1.29, 1.82) is 0 Å². The average molecular weight is 282 g/mol. The fraction of sp³-hybridized carbons (Fsp3) is 0.389. The molecular formula is C18H22OSi. The minimum Gasteiger partial charge on any atom is -0.300 e. The first-order valence-electron chi connectivity index (χ1n) is 7.26. The number of rotatable bonds is 2. The van der Waals surface area contributed by atoms with Gasteiger partial charge in [0, 0.05) is 18.4 Å². The highest BCUT2D eigenvalue weighted by atomic mass is 28.3. The molecule has 1 aliphatic carbocycles. The van der Waals surface area contributed by atoms with Gasteiger partial charge in [-0.1, -0.05) is 55.8 Å². The van der Waals surface area contributed by atoms with E-state index >= 15 is 0 Å². The molecule has 0 spiro atoms. The van der Waals surface area contributed by atoms with Crippen molar-refractivity contribution in [3.05, 3.63) is 47.2 Å². The molecule has 0 N–H and O–H groups in total. The molecule has 104 valence electrons. The van der Waals surface area contributed by atoms with E-state index in [0.717, 1.165) is 18.4 Å². The van der Waals surface area contributed by atoms with Crippen LogP contribution in [-0.2, 0) is 4.79 Å². The van der Waals surface area contributed by atoms with Crippen molar-refractivity contribution in [3.63, 3.8) is 0 Å². The van der Waals surface area contributed by atoms with Gasteiger partial charge in [0.15, 0.2) is 0 Å². The number of Topliss-reactive ketones (excluding diaryl/α,β-unsaturated/α-hetero) is 1. The summed E-state index contributed by atoms with van der Waals surface area (Å²) in [4.78, 5) is 11.4. The Morgan fingerprint density at radius 2 is 1.95 bits per heavy atom. The molecule has 0 radical (unpaired) electrons. The molecule has 1 aromatic rings. The fourth-order valence-corrected chi connectivity index (χ4v) is 3.53. The molecule has 2 rings (SSSR count). The van der Waals surface area contributed by atoms with E-state index in [1.165, 1.54) is 5.20 Å². The summed E-state index contributed by atoms with van der Waals surface area (Å²) in [5.41, 5.74) is 1.05. The van der Waals surface area contributed by atoms with E-state index in [1.807, 2.05) is 30.3 Å². The Bertz CT molecular complexity index is 567. The molecule has 1 fully saturated rings. The lowest BCUT2D eigenvalue weighted by Gasteiger charge is -2.17. The van der Waals surface area contributed by atoms with Crippen molar-refractivity contribution >= 4 is 13.9 Å². The van der Waals surface area contributed by atoms with Gasteiger partial charge in [-0.05, 0) is 29.7 Å². The molecule has 1 saturated carbocycles. The van der Waals surface area contributed by atoms with Crippen molar-refractivity contribution in [2.45, 2.75) is 38.9 Å². The second-order valence-corrected chi connectivity index (χ2v) is 11.5. The number of ketones is 1. The van der Waals surface area contributed by atoms with Crippen LogP contribution in [0.2, 0.25) is 19.6 Å². The highest BCUT2D eigenvalue weighted by Crippen LogP contribution is 2.26. The first-order valence-corrected chi connectivity index (χ1v) is 10.8. The van der Waals surface area contributed by atoms with Crippen LogP contribution in [0.4, 0.5) is 0 Å². The maximum absolute atomic E-state index is 11.4. The summed E-state index contributed by atoms with van der Waals surface area (Å²) in [7, 11) is -1.45. The van der Waals surface area contributed by atoms with Crippen LogP contribution in [0.3, 0.4) is 0 Å². The summed E-state index contributed by atoms with van der Waals surface area (Å²) in [6.45, 7) is 6.94. The third-order valence-corrected chi connectivity index (χ3v) is 5.52. The van der Waals surface area contributed by atoms with Gasteiger partial charge in [0.05, 0.1) is 8.07 Å². The highest BCUT2D eigenvalue weighted by molar-refractivity contribution is 6.84. The lowest BCUT2D eigenvalue weighted by Crippen LogP contribution is -2.23. The van der Waals surface area contributed by atoms with Gasteiger partial charge in [-0.3, -0.25) is 4.79 Å². The third kappa shape index (κ3) is 4.21. The predicted molar refractivity (Wildman–Crippen MR) is 87.1 cm³/mol. The van der Waals surface area contributed by atoms with Gasteiger partial charge in [-0.2, -0.15) is 0 Å². The molecule has 1 nitrogen and oxygen atoms in total. The van der Waals surface area contributed by atoms with E-state index in [0.29, 0.717) is 18.1 Å². The Hall–Kier alpha value is -1.59. The number of hydrogen-bond donors (Lipinski definition) is 0. The van der Waals surface area contributed by atoms with Crippen molar-refractivity contribution in [3.8, 4) is 11.8 Å². The monoisotopic (exact) mass is 282 g/mol. The SMILES string of the molecule is C[Si](C)(C)/C(C#Cc1ccccc1)=C/C1CCC(=O)C1. The van der Waals surface area contributed by atoms with Crippen molar-refractivity contribution in [1.82, 2.24) is 0 Å². The molecule has 0 heterocycles. The van der Waals surface area contributed by atoms with Crippen LogP contribution in [0.25, 0.3) is 0 Å². The van der Waals surface area contributed by atoms with Gasteiger partial charge in [0.2, 0.25) is 0 Å². The Labute approximate surface area is 123 Å². The van der Waals surface area contributed by atoms with Gasteiger partial charge < -0.3 is 0 Å². The summed E-state index contributed by atoms with van der Waals surface area (Å²) >= 11 is 0. The molecule has 1 aromatic carbocycles. The summed E-state index contributed by atoms with van der Waals surface area (Å²) in [6.07, 6.45) is 4.74. The Morgan fingerprint density at radius 3 is 2.50 bits per heavy atom. The number of benzene rings is 1. The molecule has 0 amide bonds. The quantitative estimate of drug-likeness (QED) is 0.586. The molecular weight excluding hydrogens is 260 g/mol. The van der Waals surface area contributed by atoms with Gasteiger partial charge in [0.25, 0.3) is 0 Å². The Balaban J connectivity index is 2.23. The zero-order valence-corrected chi connectivity index (χ0v) is 13.6. The fourth-order valence-electron chi connectivity index (χ4n) is 2.36. The summed E-state index contributed by atoms with van der Waals surface area (Å²) < 4.78 is 0. The zero-order chi connectivity index (χ0) is 14.6. The van der Waals surface area contributed by atoms with Crippen LogP contribution in [-0.4, -0.2) is 13.9 Å². The first-order chi connectivity index (χ1) is 9.45. The molecule has 0 saturated heterocycles. The largest absolute Gasteiger partial charge is 0.300 e. The zero-order valence-electron chi connectivity index (χ0n) is 12.6. The van der Waals surface area contributed by atoms with Crippen molar-refractivity contribution < 1.29 is 4.79 Å². The van der Waals surface area contributed by atoms with E-state index in [-0.39, 0.29) is 0 Å². The van der Waals surface area contributed by atoms with Crippen LogP contribution in [0, 0.1) is 17.8 Å². The second-order valence-electron chi connectivity index (χ2n) is 6.49. The second kappa shape index (κ2) is 6.24. The lowest BCUT2D eigenvalue weighted by atomic mass is 10.1. The number of allylic oxidation sites excluding steroid dienone is 2. The predicted octanol–water partition coefficient (Wildman–Crippen LogP) is 4.21. The van der Waals surface area contributed by atoms with Gasteiger partial charge >= 0.3 is 0 Å². The molecule has 2 heteroatoms. The minimum absolute atomic E-state index is 0.400. The van der Waals surface area contributed by atoms with Crippen LogP contribution >= 0.6 is 0 Å². The van der Waals surface area contributed by atoms with E-state index in [1.54, 1.807) is 0 Å². The van der Waals surface area contributed by atoms with E-state index in [9.17, 15) is 4.79 Å². The topological polar surface area (TPSA) is 17.1 Å². The number of carbonyl (C=O) groups excluding carboxylic acids is 1. The summed E-state index contributed by atoms with van der Waals surface area (Å²) in [5, 5.41) is 1.28. The lowest BCUT2D eigenvalue weighted by molar-refractivity contribution is -0.117. The number of carbonyl (C=O) groups is 1. The maximum Gasteiger partial charge on any atom is 0.133 e. The minimum atomic E-state index is -1.45. The van der Waals surface area contributed by atoms with Crippen LogP contribution in [0.5, 0.6) is 0 Å². The molecule has 0 bridgehead atoms. The Morgan fingerprint density at radius 1 is 1.25 bits per heavy atom. The molecule has 20 heavy (non-hydrogen) atoms. The molecule has 1 unspecified atom stereocenters. The van der Waals surface area contributed by atoms with Crippen LogP contribution < -0.4 is 0 Å². The van der Waals surface area contributed by atoms with E-state index in [2.05, 4.69) is 37.6 Å². The van der Waals surface area contributed by atoms with Gasteiger partial charge in [0.1, 0.15) is 5.78 Å². The molecule has 1 atom stereocenters. The first kappa shape index (κ1) is 14.8. The van der Waals surface area contributed by atoms with Crippen LogP contribution in [0.1, 0.15) is 24.8 Å². The molecule has 1 aliphatic rings. The van der Waals surface area contributed by atoms with E-state index < -0.39 is 8.07 Å². The van der Waals surface area contributed by atoms with Crippen molar-refractivity contribution in [2.75, 3.05) is 0 Å². The maximum atomic E-state index is 11.4. The van der Waals surface area contributed by atoms with Crippen molar-refractivity contribution in [2.24, 2.45) is 5.92 Å². The third-order valence-electron chi connectivity index (χ3n) is 3.61. The van der Waals surface area contributed by atoms with E-state index in [4.69, 9.17) is 0 Å². The van der Waals surface area contributed by atoms with Gasteiger partial charge in [-0.25, -0.2) is 0 Å². The summed E-state index contributed by atoms with van der Waals surface area (Å²) in [6, 6.07) is 10.1. The average Bonchev–Trinajstić information content (AvgIpc) is 2.80. The highest BCUT2D eigenvalue weighted by Gasteiger charge is 2.24.